The summed E-state index contributed by atoms with van der Waals surface area (Å²) in [6.07, 6.45) is -2.06. The molecule has 1 aliphatic heterocycles. The van der Waals surface area contributed by atoms with Gasteiger partial charge in [-0.1, -0.05) is 50.2 Å². The summed E-state index contributed by atoms with van der Waals surface area (Å²) in [5.41, 5.74) is -0.472. The van der Waals surface area contributed by atoms with Crippen LogP contribution in [0, 0.1) is 19.3 Å². The van der Waals surface area contributed by atoms with E-state index in [1.54, 1.807) is 37.3 Å². The molecule has 2 aromatic carbocycles. The standard InChI is InChI=1S/C26H30F2N2O6/c1-14-10-11-18(31)15(2)19(14)22(33)29-17(12-16-8-6-5-7-9-16)20(32)23(34)30-13-26(27,28)25(3,4)21(30)24(35)36/h5-11,17,20-21,31-32H,12-13H2,1-4H3,(H,29,33)(H,35,36)/t17-,20-,21?/m0/s1. The molecule has 1 unspecified atom stereocenters. The van der Waals surface area contributed by atoms with Gasteiger partial charge in [0.2, 0.25) is 0 Å². The van der Waals surface area contributed by atoms with Crippen LogP contribution in [0.5, 0.6) is 5.75 Å². The quantitative estimate of drug-likeness (QED) is 0.459. The number of hydrogen-bond donors (Lipinski definition) is 4. The maximum atomic E-state index is 14.7. The normalized spacial score (nSPS) is 20.0. The smallest absolute Gasteiger partial charge is 0.327 e. The molecular formula is C26H30F2N2O6. The fraction of sp³-hybridized carbons (Fsp3) is 0.423. The van der Waals surface area contributed by atoms with E-state index < -0.39 is 53.9 Å². The number of amides is 2. The first-order chi connectivity index (χ1) is 16.7. The van der Waals surface area contributed by atoms with Crippen molar-refractivity contribution in [2.45, 2.75) is 58.2 Å². The van der Waals surface area contributed by atoms with Crippen LogP contribution in [0.25, 0.3) is 0 Å². The van der Waals surface area contributed by atoms with Crippen molar-refractivity contribution in [3.05, 3.63) is 64.7 Å². The number of aryl methyl sites for hydroxylation is 1. The van der Waals surface area contributed by atoms with Gasteiger partial charge in [0.15, 0.2) is 6.10 Å². The summed E-state index contributed by atoms with van der Waals surface area (Å²) in [5, 5.41) is 33.3. The van der Waals surface area contributed by atoms with Crippen molar-refractivity contribution in [3.63, 3.8) is 0 Å². The van der Waals surface area contributed by atoms with Crippen LogP contribution in [0.2, 0.25) is 0 Å². The Morgan fingerprint density at radius 1 is 1.11 bits per heavy atom. The van der Waals surface area contributed by atoms with Crippen LogP contribution < -0.4 is 5.32 Å². The molecule has 2 aromatic rings. The molecule has 0 bridgehead atoms. The lowest BCUT2D eigenvalue weighted by Crippen LogP contribution is -2.56. The fourth-order valence-corrected chi connectivity index (χ4v) is 4.62. The number of aliphatic carboxylic acids is 1. The summed E-state index contributed by atoms with van der Waals surface area (Å²) in [6.45, 7) is 4.13. The minimum Gasteiger partial charge on any atom is -0.508 e. The predicted molar refractivity (Wildman–Crippen MR) is 127 cm³/mol. The summed E-state index contributed by atoms with van der Waals surface area (Å²) < 4.78 is 29.4. The Labute approximate surface area is 207 Å². The van der Waals surface area contributed by atoms with Gasteiger partial charge in [-0.05, 0) is 37.5 Å². The number of nitrogens with one attached hydrogen (secondary N) is 1. The number of carbonyl (C=O) groups excluding carboxylic acids is 2. The molecule has 8 nitrogen and oxygen atoms in total. The van der Waals surface area contributed by atoms with Gasteiger partial charge < -0.3 is 25.5 Å². The maximum absolute atomic E-state index is 14.7. The van der Waals surface area contributed by atoms with Crippen LogP contribution in [-0.2, 0) is 16.0 Å². The zero-order valence-corrected chi connectivity index (χ0v) is 20.5. The number of alkyl halides is 2. The zero-order valence-electron chi connectivity index (χ0n) is 20.5. The van der Waals surface area contributed by atoms with Crippen molar-refractivity contribution in [3.8, 4) is 5.75 Å². The van der Waals surface area contributed by atoms with E-state index in [9.17, 15) is 38.5 Å². The number of carbonyl (C=O) groups is 3. The fourth-order valence-electron chi connectivity index (χ4n) is 4.62. The van der Waals surface area contributed by atoms with Gasteiger partial charge in [-0.15, -0.1) is 0 Å². The second-order valence-corrected chi connectivity index (χ2v) is 9.75. The monoisotopic (exact) mass is 504 g/mol. The molecular weight excluding hydrogens is 474 g/mol. The average Bonchev–Trinajstić information content (AvgIpc) is 2.99. The van der Waals surface area contributed by atoms with Gasteiger partial charge in [0.1, 0.15) is 11.8 Å². The molecule has 3 rings (SSSR count). The van der Waals surface area contributed by atoms with Gasteiger partial charge in [0.25, 0.3) is 17.7 Å². The number of carboxylic acids is 1. The molecule has 3 atom stereocenters. The van der Waals surface area contributed by atoms with Crippen LogP contribution >= 0.6 is 0 Å². The first kappa shape index (κ1) is 27.1. The van der Waals surface area contributed by atoms with E-state index in [4.69, 9.17) is 0 Å². The molecule has 36 heavy (non-hydrogen) atoms. The van der Waals surface area contributed by atoms with Crippen molar-refractivity contribution in [2.24, 2.45) is 5.41 Å². The number of likely N-dealkylation sites (tertiary alicyclic amines) is 1. The number of carboxylic acid groups (broad SMARTS) is 1. The van der Waals surface area contributed by atoms with Crippen LogP contribution in [0.1, 0.15) is 40.9 Å². The topological polar surface area (TPSA) is 127 Å². The van der Waals surface area contributed by atoms with Crippen molar-refractivity contribution >= 4 is 17.8 Å². The number of benzene rings is 2. The van der Waals surface area contributed by atoms with E-state index in [1.165, 1.54) is 19.1 Å². The first-order valence-electron chi connectivity index (χ1n) is 11.4. The Morgan fingerprint density at radius 3 is 2.31 bits per heavy atom. The number of aliphatic hydroxyl groups is 1. The molecule has 0 aromatic heterocycles. The van der Waals surface area contributed by atoms with Gasteiger partial charge >= 0.3 is 5.97 Å². The summed E-state index contributed by atoms with van der Waals surface area (Å²) in [4.78, 5) is 38.8. The van der Waals surface area contributed by atoms with Crippen molar-refractivity contribution < 1.29 is 38.5 Å². The Morgan fingerprint density at radius 2 is 1.72 bits per heavy atom. The molecule has 1 heterocycles. The van der Waals surface area contributed by atoms with Crippen molar-refractivity contribution in [1.82, 2.24) is 10.2 Å². The number of nitrogens with zero attached hydrogens (tertiary/aromatic N) is 1. The van der Waals surface area contributed by atoms with E-state index >= 15 is 0 Å². The number of phenolic OH excluding ortho intramolecular Hbond substituents is 1. The number of aromatic hydroxyl groups is 1. The van der Waals surface area contributed by atoms with Crippen LogP contribution in [-0.4, -0.2) is 68.7 Å². The minimum absolute atomic E-state index is 0.0399. The lowest BCUT2D eigenvalue weighted by atomic mass is 9.81. The van der Waals surface area contributed by atoms with Crippen molar-refractivity contribution in [2.75, 3.05) is 6.54 Å². The second-order valence-electron chi connectivity index (χ2n) is 9.75. The largest absolute Gasteiger partial charge is 0.508 e. The molecule has 4 N–H and O–H groups in total. The van der Waals surface area contributed by atoms with E-state index in [1.807, 2.05) is 0 Å². The minimum atomic E-state index is -3.51. The summed E-state index contributed by atoms with van der Waals surface area (Å²) >= 11 is 0. The van der Waals surface area contributed by atoms with E-state index in [2.05, 4.69) is 5.32 Å². The molecule has 1 fully saturated rings. The summed E-state index contributed by atoms with van der Waals surface area (Å²) in [7, 11) is 0. The number of halogens is 2. The van der Waals surface area contributed by atoms with E-state index in [-0.39, 0.29) is 17.7 Å². The van der Waals surface area contributed by atoms with Crippen LogP contribution in [0.3, 0.4) is 0 Å². The van der Waals surface area contributed by atoms with Gasteiger partial charge in [0, 0.05) is 11.1 Å². The number of aliphatic hydroxyl groups excluding tert-OH is 1. The predicted octanol–water partition coefficient (Wildman–Crippen LogP) is 2.67. The molecule has 0 saturated carbocycles. The van der Waals surface area contributed by atoms with E-state index in [0.717, 1.165) is 13.8 Å². The lowest BCUT2D eigenvalue weighted by Gasteiger charge is -2.32. The third kappa shape index (κ3) is 4.90. The SMILES string of the molecule is Cc1ccc(O)c(C)c1C(=O)N[C@@H](Cc1ccccc1)[C@H](O)C(=O)N1CC(F)(F)C(C)(C)C1C(=O)O. The average molecular weight is 505 g/mol. The Balaban J connectivity index is 1.96. The molecule has 1 aliphatic rings. The van der Waals surface area contributed by atoms with Gasteiger partial charge in [-0.2, -0.15) is 0 Å². The van der Waals surface area contributed by atoms with Gasteiger partial charge in [-0.25, -0.2) is 13.6 Å². The van der Waals surface area contributed by atoms with Crippen LogP contribution in [0.15, 0.2) is 42.5 Å². The molecule has 0 aliphatic carbocycles. The summed E-state index contributed by atoms with van der Waals surface area (Å²) in [5.74, 6) is -7.16. The second kappa shape index (κ2) is 9.85. The number of rotatable bonds is 7. The molecule has 1 saturated heterocycles. The third-order valence-electron chi connectivity index (χ3n) is 6.94. The van der Waals surface area contributed by atoms with Gasteiger partial charge in [0.05, 0.1) is 18.0 Å². The van der Waals surface area contributed by atoms with Crippen molar-refractivity contribution in [1.29, 1.82) is 0 Å². The highest BCUT2D eigenvalue weighted by atomic mass is 19.3. The van der Waals surface area contributed by atoms with Crippen LogP contribution in [0.4, 0.5) is 8.78 Å². The Bertz CT molecular complexity index is 1170. The first-order valence-corrected chi connectivity index (χ1v) is 11.4. The maximum Gasteiger partial charge on any atom is 0.327 e. The molecule has 0 spiro atoms. The summed E-state index contributed by atoms with van der Waals surface area (Å²) in [6, 6.07) is 8.41. The molecule has 194 valence electrons. The third-order valence-corrected chi connectivity index (χ3v) is 6.94. The molecule has 0 radical (unpaired) electrons. The Kier molecular flexibility index (Phi) is 7.40. The molecule has 2 amide bonds. The number of hydrogen-bond acceptors (Lipinski definition) is 5. The highest BCUT2D eigenvalue weighted by Crippen LogP contribution is 2.48. The van der Waals surface area contributed by atoms with E-state index in [0.29, 0.717) is 21.6 Å². The highest BCUT2D eigenvalue weighted by molar-refractivity contribution is 5.98. The highest BCUT2D eigenvalue weighted by Gasteiger charge is 2.65. The lowest BCUT2D eigenvalue weighted by molar-refractivity contribution is -0.156. The zero-order chi connectivity index (χ0) is 27.0. The molecule has 10 heteroatoms. The Hall–Kier alpha value is -3.53. The van der Waals surface area contributed by atoms with Gasteiger partial charge in [-0.3, -0.25) is 9.59 Å². The number of phenols is 1.